The predicted octanol–water partition coefficient (Wildman–Crippen LogP) is 0.973. The molecule has 1 rings (SSSR count). The molecular formula is C12H16NO6. The molecule has 7 heteroatoms. The van der Waals surface area contributed by atoms with E-state index in [-0.39, 0.29) is 11.5 Å². The van der Waals surface area contributed by atoms with E-state index in [1.165, 1.54) is 13.4 Å². The van der Waals surface area contributed by atoms with Crippen LogP contribution >= 0.6 is 0 Å². The number of carbonyl (C=O) groups is 1. The summed E-state index contributed by atoms with van der Waals surface area (Å²) in [5, 5.41) is 2.59. The fourth-order valence-electron chi connectivity index (χ4n) is 1.55. The van der Waals surface area contributed by atoms with Crippen molar-refractivity contribution in [3.63, 3.8) is 0 Å². The first-order chi connectivity index (χ1) is 9.10. The van der Waals surface area contributed by atoms with Crippen LogP contribution in [-0.2, 0) is 14.3 Å². The maximum absolute atomic E-state index is 11.8. The molecule has 0 aliphatic carbocycles. The lowest BCUT2D eigenvalue weighted by Crippen LogP contribution is -2.31. The highest BCUT2D eigenvalue weighted by Crippen LogP contribution is 2.19. The average Bonchev–Trinajstić information content (AvgIpc) is 2.70. The smallest absolute Gasteiger partial charge is 0.435 e. The molecule has 0 fully saturated rings. The molecule has 0 aromatic carbocycles. The van der Waals surface area contributed by atoms with Crippen LogP contribution < -0.4 is 11.1 Å². The second-order valence-corrected chi connectivity index (χ2v) is 3.95. The van der Waals surface area contributed by atoms with Crippen molar-refractivity contribution in [3.05, 3.63) is 22.1 Å². The minimum Gasteiger partial charge on any atom is -0.435 e. The first kappa shape index (κ1) is 15.0. The van der Waals surface area contributed by atoms with Crippen LogP contribution in [0, 0.1) is 6.92 Å². The van der Waals surface area contributed by atoms with Crippen LogP contribution in [0.5, 0.6) is 0 Å². The molecule has 1 aromatic rings. The molecular weight excluding hydrogens is 254 g/mol. The number of hydrogen-bond donors (Lipinski definition) is 1. The van der Waals surface area contributed by atoms with Crippen molar-refractivity contribution in [1.29, 1.82) is 0 Å². The molecule has 1 N–H and O–H groups in total. The van der Waals surface area contributed by atoms with Crippen LogP contribution in [0.4, 0.5) is 0 Å². The molecule has 1 radical (unpaired) electrons. The summed E-state index contributed by atoms with van der Waals surface area (Å²) in [7, 11) is 0. The Morgan fingerprint density at radius 3 is 2.68 bits per heavy atom. The monoisotopic (exact) mass is 270 g/mol. The first-order valence-electron chi connectivity index (χ1n) is 6.01. The third-order valence-corrected chi connectivity index (χ3v) is 2.50. The molecule has 0 bridgehead atoms. The Labute approximate surface area is 109 Å². The average molecular weight is 270 g/mol. The largest absolute Gasteiger partial charge is 0.519 e. The molecule has 7 nitrogen and oxygen atoms in total. The van der Waals surface area contributed by atoms with Gasteiger partial charge in [-0.1, -0.05) is 19.8 Å². The van der Waals surface area contributed by atoms with E-state index in [1.54, 1.807) is 0 Å². The van der Waals surface area contributed by atoms with E-state index in [2.05, 4.69) is 14.5 Å². The predicted molar refractivity (Wildman–Crippen MR) is 64.0 cm³/mol. The lowest BCUT2D eigenvalue weighted by atomic mass is 10.2. The number of aryl methyl sites for hydroxylation is 1. The van der Waals surface area contributed by atoms with Crippen molar-refractivity contribution >= 4 is 12.4 Å². The summed E-state index contributed by atoms with van der Waals surface area (Å²) in [6.07, 6.45) is 1.46. The Bertz CT molecular complexity index is 475. The Hall–Kier alpha value is -2.05. The fourth-order valence-corrected chi connectivity index (χ4v) is 1.55. The van der Waals surface area contributed by atoms with Crippen molar-refractivity contribution in [2.45, 2.75) is 39.2 Å². The second-order valence-electron chi connectivity index (χ2n) is 3.95. The van der Waals surface area contributed by atoms with Gasteiger partial charge in [-0.05, 0) is 13.3 Å². The van der Waals surface area contributed by atoms with E-state index >= 15 is 0 Å². The number of ether oxygens (including phenoxy) is 1. The summed E-state index contributed by atoms with van der Waals surface area (Å²) in [5.74, 6) is -1.56. The van der Waals surface area contributed by atoms with Crippen LogP contribution in [-0.4, -0.2) is 18.9 Å². The highest BCUT2D eigenvalue weighted by molar-refractivity contribution is 5.82. The molecule has 0 saturated heterocycles. The summed E-state index contributed by atoms with van der Waals surface area (Å²) in [6, 6.07) is 0. The van der Waals surface area contributed by atoms with E-state index in [9.17, 15) is 14.4 Å². The van der Waals surface area contributed by atoms with Gasteiger partial charge in [0.15, 0.2) is 11.5 Å². The van der Waals surface area contributed by atoms with Gasteiger partial charge in [0.25, 0.3) is 5.91 Å². The molecule has 0 aliphatic heterocycles. The number of nitrogens with one attached hydrogen (secondary N) is 1. The van der Waals surface area contributed by atoms with Gasteiger partial charge in [-0.2, -0.15) is 0 Å². The van der Waals surface area contributed by atoms with Crippen LogP contribution in [0.25, 0.3) is 0 Å². The fraction of sp³-hybridized carbons (Fsp3) is 0.583. The maximum Gasteiger partial charge on any atom is 0.519 e. The molecule has 0 aliphatic rings. The van der Waals surface area contributed by atoms with Crippen molar-refractivity contribution in [1.82, 2.24) is 5.32 Å². The van der Waals surface area contributed by atoms with Crippen molar-refractivity contribution < 1.29 is 23.2 Å². The van der Waals surface area contributed by atoms with Gasteiger partial charge >= 0.3 is 12.3 Å². The van der Waals surface area contributed by atoms with E-state index in [1.807, 2.05) is 6.92 Å². The standard InChI is InChI=1S/C12H16NO6/c1-3-4-5-6-13-11(15)10(17-7-14)9-8(2)18-12(16)19-9/h10H,3-6H2,1-2H3,(H,13,15). The Balaban J connectivity index is 2.71. The van der Waals surface area contributed by atoms with Crippen LogP contribution in [0.1, 0.15) is 43.8 Å². The van der Waals surface area contributed by atoms with Gasteiger partial charge in [0.2, 0.25) is 6.10 Å². The molecule has 19 heavy (non-hydrogen) atoms. The van der Waals surface area contributed by atoms with E-state index < -0.39 is 17.8 Å². The van der Waals surface area contributed by atoms with E-state index in [0.29, 0.717) is 6.54 Å². The molecule has 1 amide bonds. The van der Waals surface area contributed by atoms with Gasteiger partial charge < -0.3 is 18.9 Å². The molecule has 0 saturated carbocycles. The summed E-state index contributed by atoms with van der Waals surface area (Å²) in [5.41, 5.74) is 0. The zero-order valence-corrected chi connectivity index (χ0v) is 10.9. The van der Waals surface area contributed by atoms with Gasteiger partial charge in [-0.3, -0.25) is 4.79 Å². The Kier molecular flexibility index (Phi) is 5.84. The maximum atomic E-state index is 11.8. The number of amides is 1. The molecule has 1 aromatic heterocycles. The SMILES string of the molecule is CCCCCNC(=O)C(O[C]=O)c1oc(=O)oc1C. The van der Waals surface area contributed by atoms with Gasteiger partial charge in [0, 0.05) is 6.54 Å². The normalized spacial score (nSPS) is 11.9. The molecule has 1 atom stereocenters. The first-order valence-corrected chi connectivity index (χ1v) is 6.01. The molecule has 105 valence electrons. The van der Waals surface area contributed by atoms with Gasteiger partial charge in [0.1, 0.15) is 0 Å². The number of hydrogen-bond acceptors (Lipinski definition) is 6. The minimum absolute atomic E-state index is 0.0916. The molecule has 1 unspecified atom stereocenters. The summed E-state index contributed by atoms with van der Waals surface area (Å²) >= 11 is 0. The van der Waals surface area contributed by atoms with Crippen LogP contribution in [0.15, 0.2) is 13.6 Å². The minimum atomic E-state index is -1.36. The van der Waals surface area contributed by atoms with Crippen molar-refractivity contribution in [2.24, 2.45) is 0 Å². The summed E-state index contributed by atoms with van der Waals surface area (Å²) in [6.45, 7) is 5.10. The Morgan fingerprint density at radius 2 is 2.16 bits per heavy atom. The topological polar surface area (TPSA) is 98.7 Å². The van der Waals surface area contributed by atoms with Crippen LogP contribution in [0.3, 0.4) is 0 Å². The Morgan fingerprint density at radius 1 is 1.42 bits per heavy atom. The molecule has 1 heterocycles. The third kappa shape index (κ3) is 4.27. The van der Waals surface area contributed by atoms with Gasteiger partial charge in [-0.25, -0.2) is 9.59 Å². The lowest BCUT2D eigenvalue weighted by Gasteiger charge is -2.12. The third-order valence-electron chi connectivity index (χ3n) is 2.50. The zero-order chi connectivity index (χ0) is 14.3. The van der Waals surface area contributed by atoms with Gasteiger partial charge in [-0.15, -0.1) is 0 Å². The second kappa shape index (κ2) is 7.40. The summed E-state index contributed by atoms with van der Waals surface area (Å²) < 4.78 is 13.8. The van der Waals surface area contributed by atoms with Crippen LogP contribution in [0.2, 0.25) is 0 Å². The quantitative estimate of drug-likeness (QED) is 0.707. The van der Waals surface area contributed by atoms with Crippen molar-refractivity contribution in [3.8, 4) is 0 Å². The number of rotatable bonds is 8. The summed E-state index contributed by atoms with van der Waals surface area (Å²) in [4.78, 5) is 33.1. The van der Waals surface area contributed by atoms with E-state index in [4.69, 9.17) is 4.42 Å². The molecule has 0 spiro atoms. The number of unbranched alkanes of at least 4 members (excludes halogenated alkanes) is 2. The lowest BCUT2D eigenvalue weighted by molar-refractivity contribution is -0.129. The highest BCUT2D eigenvalue weighted by atomic mass is 16.6. The van der Waals surface area contributed by atoms with Crippen molar-refractivity contribution in [2.75, 3.05) is 6.54 Å². The number of carbonyl (C=O) groups excluding carboxylic acids is 2. The zero-order valence-electron chi connectivity index (χ0n) is 10.9. The van der Waals surface area contributed by atoms with E-state index in [0.717, 1.165) is 19.3 Å². The highest BCUT2D eigenvalue weighted by Gasteiger charge is 2.29. The van der Waals surface area contributed by atoms with Gasteiger partial charge in [0.05, 0.1) is 0 Å².